The normalized spacial score (nSPS) is 15.5. The summed E-state index contributed by atoms with van der Waals surface area (Å²) in [6, 6.07) is 13.1. The first-order valence-corrected chi connectivity index (χ1v) is 10.5. The lowest BCUT2D eigenvalue weighted by Gasteiger charge is -2.23. The fourth-order valence-corrected chi connectivity index (χ4v) is 3.86. The molecule has 7 heteroatoms. The number of para-hydroxylation sites is 1. The van der Waals surface area contributed by atoms with Crippen LogP contribution in [0.4, 0.5) is 5.69 Å². The zero-order valence-electron chi connectivity index (χ0n) is 16.9. The fourth-order valence-electron chi connectivity index (χ4n) is 3.86. The number of rotatable bonds is 7. The number of hydrogen-bond acceptors (Lipinski definition) is 5. The molecule has 0 spiro atoms. The number of fused-ring (bicyclic) bond motifs is 1. The average molecular weight is 409 g/mol. The molecule has 0 bridgehead atoms. The van der Waals surface area contributed by atoms with Gasteiger partial charge in [-0.2, -0.15) is 0 Å². The number of ether oxygens (including phenoxy) is 2. The van der Waals surface area contributed by atoms with E-state index in [1.54, 1.807) is 6.07 Å². The Hall–Kier alpha value is -3.22. The lowest BCUT2D eigenvalue weighted by atomic mass is 9.95. The molecule has 7 nitrogen and oxygen atoms in total. The van der Waals surface area contributed by atoms with Gasteiger partial charge < -0.3 is 25.4 Å². The van der Waals surface area contributed by atoms with Crippen LogP contribution in [0.1, 0.15) is 48.0 Å². The largest absolute Gasteiger partial charge is 0.454 e. The van der Waals surface area contributed by atoms with E-state index in [4.69, 9.17) is 9.47 Å². The summed E-state index contributed by atoms with van der Waals surface area (Å²) in [6.07, 6.45) is 5.68. The molecule has 0 atom stereocenters. The fraction of sp³-hybridized carbons (Fsp3) is 0.391. The van der Waals surface area contributed by atoms with Crippen LogP contribution in [0.15, 0.2) is 42.5 Å². The molecule has 2 aromatic carbocycles. The summed E-state index contributed by atoms with van der Waals surface area (Å²) in [6.45, 7) is 0.730. The Labute approximate surface area is 176 Å². The Morgan fingerprint density at radius 3 is 2.63 bits per heavy atom. The minimum absolute atomic E-state index is 0.0440. The zero-order chi connectivity index (χ0) is 20.8. The predicted octanol–water partition coefficient (Wildman–Crippen LogP) is 3.21. The molecule has 1 aliphatic carbocycles. The van der Waals surface area contributed by atoms with E-state index in [9.17, 15) is 9.59 Å². The average Bonchev–Trinajstić information content (AvgIpc) is 3.25. The second kappa shape index (κ2) is 9.52. The number of carbonyl (C=O) groups excluding carboxylic acids is 2. The highest BCUT2D eigenvalue weighted by atomic mass is 16.7. The first kappa shape index (κ1) is 20.1. The van der Waals surface area contributed by atoms with Gasteiger partial charge in [0.15, 0.2) is 11.5 Å². The van der Waals surface area contributed by atoms with Crippen LogP contribution in [-0.2, 0) is 11.3 Å². The summed E-state index contributed by atoms with van der Waals surface area (Å²) in [4.78, 5) is 25.0. The smallest absolute Gasteiger partial charge is 0.253 e. The molecule has 2 amide bonds. The van der Waals surface area contributed by atoms with Gasteiger partial charge in [0.1, 0.15) is 0 Å². The van der Waals surface area contributed by atoms with Crippen LogP contribution in [0.5, 0.6) is 11.5 Å². The molecule has 1 saturated carbocycles. The van der Waals surface area contributed by atoms with E-state index >= 15 is 0 Å². The zero-order valence-corrected chi connectivity index (χ0v) is 16.9. The van der Waals surface area contributed by atoms with Crippen LogP contribution in [0.25, 0.3) is 0 Å². The van der Waals surface area contributed by atoms with Crippen molar-refractivity contribution in [1.29, 1.82) is 0 Å². The van der Waals surface area contributed by atoms with Crippen LogP contribution in [-0.4, -0.2) is 31.2 Å². The molecule has 0 aromatic heterocycles. The van der Waals surface area contributed by atoms with Gasteiger partial charge in [0.25, 0.3) is 5.91 Å². The molecular weight excluding hydrogens is 382 g/mol. The quantitative estimate of drug-likeness (QED) is 0.654. The Balaban J connectivity index is 1.31. The summed E-state index contributed by atoms with van der Waals surface area (Å²) in [5.74, 6) is 1.15. The van der Waals surface area contributed by atoms with Gasteiger partial charge in [-0.15, -0.1) is 0 Å². The maximum Gasteiger partial charge on any atom is 0.253 e. The number of carbonyl (C=O) groups is 2. The van der Waals surface area contributed by atoms with E-state index < -0.39 is 0 Å². The molecule has 0 radical (unpaired) electrons. The molecule has 1 fully saturated rings. The number of benzene rings is 2. The van der Waals surface area contributed by atoms with E-state index in [-0.39, 0.29) is 31.2 Å². The summed E-state index contributed by atoms with van der Waals surface area (Å²) in [7, 11) is 0. The second-order valence-electron chi connectivity index (χ2n) is 7.67. The minimum atomic E-state index is -0.205. The number of nitrogens with one attached hydrogen (secondary N) is 3. The predicted molar refractivity (Wildman–Crippen MR) is 114 cm³/mol. The molecule has 158 valence electrons. The summed E-state index contributed by atoms with van der Waals surface area (Å²) in [5.41, 5.74) is 2.06. The highest BCUT2D eigenvalue weighted by Gasteiger charge is 2.17. The highest BCUT2D eigenvalue weighted by Crippen LogP contribution is 2.32. The van der Waals surface area contributed by atoms with E-state index in [1.165, 1.54) is 19.3 Å². The number of hydrogen-bond donors (Lipinski definition) is 3. The van der Waals surface area contributed by atoms with Gasteiger partial charge in [0.05, 0.1) is 12.1 Å². The number of amides is 2. The van der Waals surface area contributed by atoms with Crippen molar-refractivity contribution in [2.75, 3.05) is 18.7 Å². The number of anilines is 1. The van der Waals surface area contributed by atoms with E-state index in [0.29, 0.717) is 29.3 Å². The van der Waals surface area contributed by atoms with Gasteiger partial charge >= 0.3 is 0 Å². The van der Waals surface area contributed by atoms with Crippen molar-refractivity contribution in [1.82, 2.24) is 10.6 Å². The van der Waals surface area contributed by atoms with Gasteiger partial charge in [0, 0.05) is 18.3 Å². The van der Waals surface area contributed by atoms with E-state index in [1.807, 2.05) is 36.4 Å². The lowest BCUT2D eigenvalue weighted by Crippen LogP contribution is -2.39. The van der Waals surface area contributed by atoms with Gasteiger partial charge in [0.2, 0.25) is 12.7 Å². The van der Waals surface area contributed by atoms with Crippen LogP contribution >= 0.6 is 0 Å². The van der Waals surface area contributed by atoms with Gasteiger partial charge in [-0.05, 0) is 42.7 Å². The maximum atomic E-state index is 12.7. The standard InChI is InChI=1S/C23H27N3O4/c27-22(26-17-6-2-1-3-7-17)14-24-19-9-5-4-8-18(19)23(28)25-13-16-10-11-20-21(12-16)30-15-29-20/h4-5,8-12,17,24H,1-3,6-7,13-15H2,(H,25,28)(H,26,27). The van der Waals surface area contributed by atoms with Crippen molar-refractivity contribution < 1.29 is 19.1 Å². The van der Waals surface area contributed by atoms with Crippen LogP contribution in [0.2, 0.25) is 0 Å². The molecule has 1 heterocycles. The Morgan fingerprint density at radius 2 is 1.77 bits per heavy atom. The van der Waals surface area contributed by atoms with Crippen molar-refractivity contribution in [3.8, 4) is 11.5 Å². The van der Waals surface area contributed by atoms with Crippen molar-refractivity contribution in [2.24, 2.45) is 0 Å². The molecule has 2 aromatic rings. The van der Waals surface area contributed by atoms with Crippen LogP contribution in [0, 0.1) is 0 Å². The topological polar surface area (TPSA) is 88.7 Å². The molecule has 1 aliphatic heterocycles. The first-order valence-electron chi connectivity index (χ1n) is 10.5. The molecule has 0 unspecified atom stereocenters. The molecule has 3 N–H and O–H groups in total. The summed E-state index contributed by atoms with van der Waals surface area (Å²) in [5, 5.41) is 9.11. The van der Waals surface area contributed by atoms with E-state index in [0.717, 1.165) is 18.4 Å². The minimum Gasteiger partial charge on any atom is -0.454 e. The Morgan fingerprint density at radius 1 is 0.967 bits per heavy atom. The van der Waals surface area contributed by atoms with Gasteiger partial charge in [-0.3, -0.25) is 9.59 Å². The highest BCUT2D eigenvalue weighted by molar-refractivity contribution is 6.00. The van der Waals surface area contributed by atoms with Crippen molar-refractivity contribution in [3.63, 3.8) is 0 Å². The summed E-state index contributed by atoms with van der Waals surface area (Å²) >= 11 is 0. The van der Waals surface area contributed by atoms with Crippen molar-refractivity contribution in [3.05, 3.63) is 53.6 Å². The van der Waals surface area contributed by atoms with Crippen molar-refractivity contribution >= 4 is 17.5 Å². The van der Waals surface area contributed by atoms with Crippen LogP contribution in [0.3, 0.4) is 0 Å². The third kappa shape index (κ3) is 5.03. The Kier molecular flexibility index (Phi) is 6.37. The molecule has 0 saturated heterocycles. The first-order chi connectivity index (χ1) is 14.7. The SMILES string of the molecule is O=C(CNc1ccccc1C(=O)NCc1ccc2c(c1)OCO2)NC1CCCCC1. The third-order valence-electron chi connectivity index (χ3n) is 5.47. The Bertz CT molecular complexity index is 909. The second-order valence-corrected chi connectivity index (χ2v) is 7.67. The maximum absolute atomic E-state index is 12.7. The van der Waals surface area contributed by atoms with Crippen LogP contribution < -0.4 is 25.4 Å². The van der Waals surface area contributed by atoms with E-state index in [2.05, 4.69) is 16.0 Å². The molecule has 2 aliphatic rings. The third-order valence-corrected chi connectivity index (χ3v) is 5.47. The van der Waals surface area contributed by atoms with Crippen molar-refractivity contribution in [2.45, 2.75) is 44.7 Å². The summed E-state index contributed by atoms with van der Waals surface area (Å²) < 4.78 is 10.7. The monoisotopic (exact) mass is 409 g/mol. The van der Waals surface area contributed by atoms with Gasteiger partial charge in [-0.25, -0.2) is 0 Å². The molecular formula is C23H27N3O4. The lowest BCUT2D eigenvalue weighted by molar-refractivity contribution is -0.120. The molecule has 30 heavy (non-hydrogen) atoms. The van der Waals surface area contributed by atoms with Gasteiger partial charge in [-0.1, -0.05) is 37.5 Å². The molecule has 4 rings (SSSR count).